The molecule has 0 aliphatic rings. The van der Waals surface area contributed by atoms with Crippen molar-refractivity contribution in [1.29, 1.82) is 0 Å². The maximum absolute atomic E-state index is 10.9. The molecule has 1 aromatic carbocycles. The number of nitrogens with zero attached hydrogens (tertiary/aromatic N) is 4. The number of carbonyl (C=O) groups is 1. The summed E-state index contributed by atoms with van der Waals surface area (Å²) >= 11 is 1.15. The zero-order valence-electron chi connectivity index (χ0n) is 13.3. The van der Waals surface area contributed by atoms with E-state index >= 15 is 0 Å². The lowest BCUT2D eigenvalue weighted by molar-refractivity contribution is -0.133. The quantitative estimate of drug-likeness (QED) is 0.719. The van der Waals surface area contributed by atoms with Crippen LogP contribution in [0.4, 0.5) is 0 Å². The average Bonchev–Trinajstić information content (AvgIpc) is 3.00. The van der Waals surface area contributed by atoms with E-state index in [0.717, 1.165) is 34.1 Å². The standard InChI is InChI=1S/C17H16N4O2S/c1-11-4-3-5-14(12(11)2)21-16(13-6-8-18-9-7-13)19-20-17(21)24-10-15(22)23/h3-9H,10H2,1-2H3,(H,22,23). The predicted octanol–water partition coefficient (Wildman–Crippen LogP) is 3.12. The highest BCUT2D eigenvalue weighted by molar-refractivity contribution is 7.99. The molecule has 0 unspecified atom stereocenters. The fourth-order valence-corrected chi connectivity index (χ4v) is 3.04. The number of hydrogen-bond acceptors (Lipinski definition) is 5. The Bertz CT molecular complexity index is 878. The van der Waals surface area contributed by atoms with Crippen LogP contribution in [0.5, 0.6) is 0 Å². The number of benzene rings is 1. The van der Waals surface area contributed by atoms with Crippen molar-refractivity contribution in [1.82, 2.24) is 19.7 Å². The van der Waals surface area contributed by atoms with Crippen LogP contribution in [0.1, 0.15) is 11.1 Å². The first-order valence-corrected chi connectivity index (χ1v) is 8.33. The van der Waals surface area contributed by atoms with Gasteiger partial charge in [-0.1, -0.05) is 23.9 Å². The second-order valence-corrected chi connectivity index (χ2v) is 6.22. The lowest BCUT2D eigenvalue weighted by Gasteiger charge is -2.14. The summed E-state index contributed by atoms with van der Waals surface area (Å²) in [4.78, 5) is 15.0. The van der Waals surface area contributed by atoms with Crippen molar-refractivity contribution >= 4 is 17.7 Å². The third-order valence-electron chi connectivity index (χ3n) is 3.71. The van der Waals surface area contributed by atoms with Crippen molar-refractivity contribution in [2.45, 2.75) is 19.0 Å². The van der Waals surface area contributed by atoms with E-state index in [0.29, 0.717) is 11.0 Å². The molecule has 0 radical (unpaired) electrons. The molecule has 0 amide bonds. The zero-order chi connectivity index (χ0) is 17.1. The fourth-order valence-electron chi connectivity index (χ4n) is 2.37. The van der Waals surface area contributed by atoms with Crippen LogP contribution < -0.4 is 0 Å². The maximum atomic E-state index is 10.9. The first-order chi connectivity index (χ1) is 11.6. The van der Waals surface area contributed by atoms with E-state index in [2.05, 4.69) is 15.2 Å². The van der Waals surface area contributed by atoms with E-state index in [9.17, 15) is 4.79 Å². The van der Waals surface area contributed by atoms with Gasteiger partial charge in [-0.05, 0) is 43.2 Å². The topological polar surface area (TPSA) is 80.9 Å². The highest BCUT2D eigenvalue weighted by atomic mass is 32.2. The number of aliphatic carboxylic acids is 1. The number of rotatable bonds is 5. The second-order valence-electron chi connectivity index (χ2n) is 5.28. The van der Waals surface area contributed by atoms with Gasteiger partial charge in [0.15, 0.2) is 11.0 Å². The summed E-state index contributed by atoms with van der Waals surface area (Å²) < 4.78 is 1.91. The monoisotopic (exact) mass is 340 g/mol. The van der Waals surface area contributed by atoms with E-state index in [4.69, 9.17) is 5.11 Å². The molecule has 3 rings (SSSR count). The van der Waals surface area contributed by atoms with Crippen LogP contribution in [0.15, 0.2) is 47.9 Å². The number of thioether (sulfide) groups is 1. The molecule has 0 fully saturated rings. The number of aromatic nitrogens is 4. The maximum Gasteiger partial charge on any atom is 0.313 e. The summed E-state index contributed by atoms with van der Waals surface area (Å²) in [5, 5.41) is 18.0. The Morgan fingerprint density at radius 1 is 1.17 bits per heavy atom. The van der Waals surface area contributed by atoms with Gasteiger partial charge in [-0.2, -0.15) is 0 Å². The van der Waals surface area contributed by atoms with Crippen molar-refractivity contribution < 1.29 is 9.90 Å². The van der Waals surface area contributed by atoms with E-state index in [1.165, 1.54) is 0 Å². The highest BCUT2D eigenvalue weighted by Crippen LogP contribution is 2.30. The molecule has 3 aromatic rings. The Morgan fingerprint density at radius 2 is 1.92 bits per heavy atom. The van der Waals surface area contributed by atoms with E-state index < -0.39 is 5.97 Å². The SMILES string of the molecule is Cc1cccc(-n2c(SCC(=O)O)nnc2-c2ccncc2)c1C. The van der Waals surface area contributed by atoms with Crippen molar-refractivity contribution in [2.75, 3.05) is 5.75 Å². The number of hydrogen-bond donors (Lipinski definition) is 1. The van der Waals surface area contributed by atoms with E-state index in [-0.39, 0.29) is 5.75 Å². The third kappa shape index (κ3) is 3.16. The van der Waals surface area contributed by atoms with Crippen LogP contribution in [0, 0.1) is 13.8 Å². The zero-order valence-corrected chi connectivity index (χ0v) is 14.1. The number of pyridine rings is 1. The van der Waals surface area contributed by atoms with Crippen LogP contribution in [-0.2, 0) is 4.79 Å². The summed E-state index contributed by atoms with van der Waals surface area (Å²) in [6.07, 6.45) is 3.39. The van der Waals surface area contributed by atoms with Gasteiger partial charge in [0.1, 0.15) is 0 Å². The molecule has 2 aromatic heterocycles. The lowest BCUT2D eigenvalue weighted by Crippen LogP contribution is -2.05. The van der Waals surface area contributed by atoms with Gasteiger partial charge in [-0.3, -0.25) is 14.3 Å². The van der Waals surface area contributed by atoms with Gasteiger partial charge >= 0.3 is 5.97 Å². The average molecular weight is 340 g/mol. The Labute approximate surface area is 143 Å². The molecule has 7 heteroatoms. The number of carboxylic acids is 1. The minimum Gasteiger partial charge on any atom is -0.481 e. The smallest absolute Gasteiger partial charge is 0.313 e. The normalized spacial score (nSPS) is 10.8. The molecule has 0 aliphatic heterocycles. The Morgan fingerprint density at radius 3 is 2.62 bits per heavy atom. The van der Waals surface area contributed by atoms with Crippen LogP contribution in [-0.4, -0.2) is 36.6 Å². The molecule has 24 heavy (non-hydrogen) atoms. The van der Waals surface area contributed by atoms with E-state index in [1.54, 1.807) is 12.4 Å². The number of aryl methyl sites for hydroxylation is 1. The van der Waals surface area contributed by atoms with Crippen LogP contribution >= 0.6 is 11.8 Å². The fraction of sp³-hybridized carbons (Fsp3) is 0.176. The molecule has 2 heterocycles. The molecule has 0 atom stereocenters. The largest absolute Gasteiger partial charge is 0.481 e. The first kappa shape index (κ1) is 16.2. The Kier molecular flexibility index (Phi) is 4.61. The molecule has 6 nitrogen and oxygen atoms in total. The molecular formula is C17H16N4O2S. The van der Waals surface area contributed by atoms with Crippen LogP contribution in [0.25, 0.3) is 17.1 Å². The molecule has 0 spiro atoms. The first-order valence-electron chi connectivity index (χ1n) is 7.35. The third-order valence-corrected chi connectivity index (χ3v) is 4.63. The van der Waals surface area contributed by atoms with Crippen molar-refractivity contribution in [3.8, 4) is 17.1 Å². The van der Waals surface area contributed by atoms with Gasteiger partial charge in [-0.15, -0.1) is 10.2 Å². The molecule has 1 N–H and O–H groups in total. The summed E-state index contributed by atoms with van der Waals surface area (Å²) in [6.45, 7) is 4.08. The highest BCUT2D eigenvalue weighted by Gasteiger charge is 2.18. The summed E-state index contributed by atoms with van der Waals surface area (Å²) in [5.74, 6) is -0.292. The Balaban J connectivity index is 2.18. The summed E-state index contributed by atoms with van der Waals surface area (Å²) in [7, 11) is 0. The molecule has 0 saturated carbocycles. The van der Waals surface area contributed by atoms with E-state index in [1.807, 2.05) is 48.7 Å². The molecule has 122 valence electrons. The minimum absolute atomic E-state index is 0.0701. The van der Waals surface area contributed by atoms with Crippen molar-refractivity contribution in [3.63, 3.8) is 0 Å². The van der Waals surface area contributed by atoms with Gasteiger partial charge in [0.25, 0.3) is 0 Å². The Hall–Kier alpha value is -2.67. The van der Waals surface area contributed by atoms with Crippen LogP contribution in [0.2, 0.25) is 0 Å². The van der Waals surface area contributed by atoms with Gasteiger partial charge in [0.2, 0.25) is 0 Å². The molecular weight excluding hydrogens is 324 g/mol. The van der Waals surface area contributed by atoms with Crippen LogP contribution in [0.3, 0.4) is 0 Å². The molecule has 0 aliphatic carbocycles. The van der Waals surface area contributed by atoms with Gasteiger partial charge < -0.3 is 5.11 Å². The summed E-state index contributed by atoms with van der Waals surface area (Å²) in [6, 6.07) is 9.72. The van der Waals surface area contributed by atoms with Crippen molar-refractivity contribution in [3.05, 3.63) is 53.9 Å². The second kappa shape index (κ2) is 6.84. The number of carboxylic acid groups (broad SMARTS) is 1. The molecule has 0 bridgehead atoms. The predicted molar refractivity (Wildman–Crippen MR) is 92.4 cm³/mol. The van der Waals surface area contributed by atoms with Gasteiger partial charge in [0, 0.05) is 18.0 Å². The molecule has 0 saturated heterocycles. The van der Waals surface area contributed by atoms with Gasteiger partial charge in [-0.25, -0.2) is 0 Å². The van der Waals surface area contributed by atoms with Gasteiger partial charge in [0.05, 0.1) is 11.4 Å². The lowest BCUT2D eigenvalue weighted by atomic mass is 10.1. The van der Waals surface area contributed by atoms with Crippen molar-refractivity contribution in [2.24, 2.45) is 0 Å². The summed E-state index contributed by atoms with van der Waals surface area (Å²) in [5.41, 5.74) is 4.07. The minimum atomic E-state index is -0.888.